The van der Waals surface area contributed by atoms with E-state index in [9.17, 15) is 13.2 Å². The van der Waals surface area contributed by atoms with E-state index in [4.69, 9.17) is 5.11 Å². The summed E-state index contributed by atoms with van der Waals surface area (Å²) in [5.74, 6) is -0.977. The molecule has 1 atom stereocenters. The van der Waals surface area contributed by atoms with Crippen LogP contribution >= 0.6 is 0 Å². The monoisotopic (exact) mass is 348 g/mol. The molecule has 3 rings (SSSR count). The van der Waals surface area contributed by atoms with E-state index < -0.39 is 22.0 Å². The molecule has 1 aliphatic rings. The van der Waals surface area contributed by atoms with Crippen molar-refractivity contribution in [2.24, 2.45) is 0 Å². The Morgan fingerprint density at radius 2 is 2.12 bits per heavy atom. The summed E-state index contributed by atoms with van der Waals surface area (Å²) < 4.78 is 28.0. The normalized spacial score (nSPS) is 19.5. The van der Waals surface area contributed by atoms with Crippen molar-refractivity contribution in [2.45, 2.75) is 43.5 Å². The molecule has 0 aliphatic carbocycles. The molecule has 2 aromatic rings. The minimum absolute atomic E-state index is 0.170. The van der Waals surface area contributed by atoms with Gasteiger partial charge in [-0.3, -0.25) is 9.78 Å². The summed E-state index contributed by atoms with van der Waals surface area (Å²) in [4.78, 5) is 15.6. The number of nitrogens with zero attached hydrogens (tertiary/aromatic N) is 2. The van der Waals surface area contributed by atoms with Gasteiger partial charge in [-0.2, -0.15) is 4.31 Å². The fourth-order valence-electron chi connectivity index (χ4n) is 3.36. The molecule has 6 nitrogen and oxygen atoms in total. The van der Waals surface area contributed by atoms with Crippen LogP contribution < -0.4 is 0 Å². The van der Waals surface area contributed by atoms with Crippen molar-refractivity contribution in [1.29, 1.82) is 0 Å². The van der Waals surface area contributed by atoms with Crippen LogP contribution in [0.1, 0.15) is 31.2 Å². The third-order valence-corrected chi connectivity index (χ3v) is 6.60. The Balaban J connectivity index is 2.13. The second kappa shape index (κ2) is 6.49. The second-order valence-corrected chi connectivity index (χ2v) is 7.98. The number of carboxylic acids is 1. The smallest absolute Gasteiger partial charge is 0.304 e. The molecule has 0 saturated carbocycles. The average molecular weight is 348 g/mol. The molecule has 0 bridgehead atoms. The Morgan fingerprint density at radius 3 is 2.88 bits per heavy atom. The first-order valence-electron chi connectivity index (χ1n) is 7.99. The van der Waals surface area contributed by atoms with Crippen LogP contribution in [0, 0.1) is 6.92 Å². The molecular formula is C17H20N2O4S. The van der Waals surface area contributed by atoms with E-state index in [2.05, 4.69) is 4.98 Å². The maximum atomic E-state index is 13.3. The lowest BCUT2D eigenvalue weighted by molar-refractivity contribution is -0.138. The van der Waals surface area contributed by atoms with Crippen molar-refractivity contribution >= 4 is 26.9 Å². The standard InChI is InChI=1S/C17H20N2O4S/c1-12-7-8-13-5-4-9-18-16(13)17(12)24(22,23)19-10-3-2-6-14(19)11-15(20)21/h4-5,7-9,14H,2-3,6,10-11H2,1H3,(H,20,21). The molecule has 1 fully saturated rings. The van der Waals surface area contributed by atoms with Crippen molar-refractivity contribution in [3.05, 3.63) is 36.0 Å². The highest BCUT2D eigenvalue weighted by Crippen LogP contribution is 2.32. The molecule has 0 spiro atoms. The molecule has 0 radical (unpaired) electrons. The number of hydrogen-bond donors (Lipinski definition) is 1. The van der Waals surface area contributed by atoms with Gasteiger partial charge in [0.05, 0.1) is 11.9 Å². The molecular weight excluding hydrogens is 328 g/mol. The fraction of sp³-hybridized carbons (Fsp3) is 0.412. The van der Waals surface area contributed by atoms with E-state index >= 15 is 0 Å². The summed E-state index contributed by atoms with van der Waals surface area (Å²) in [7, 11) is -3.81. The molecule has 1 aromatic carbocycles. The van der Waals surface area contributed by atoms with Crippen molar-refractivity contribution in [3.63, 3.8) is 0 Å². The van der Waals surface area contributed by atoms with E-state index in [1.807, 2.05) is 12.1 Å². The molecule has 0 amide bonds. The Morgan fingerprint density at radius 1 is 1.33 bits per heavy atom. The highest BCUT2D eigenvalue weighted by molar-refractivity contribution is 7.89. The Kier molecular flexibility index (Phi) is 4.56. The highest BCUT2D eigenvalue weighted by Gasteiger charge is 2.36. The number of rotatable bonds is 4. The van der Waals surface area contributed by atoms with Gasteiger partial charge < -0.3 is 5.11 Å². The zero-order chi connectivity index (χ0) is 17.3. The number of piperidine rings is 1. The number of aromatic nitrogens is 1. The van der Waals surface area contributed by atoms with E-state index in [0.717, 1.165) is 18.2 Å². The molecule has 24 heavy (non-hydrogen) atoms. The molecule has 128 valence electrons. The van der Waals surface area contributed by atoms with Crippen LogP contribution in [0.15, 0.2) is 35.4 Å². The van der Waals surface area contributed by atoms with Crippen LogP contribution in [-0.4, -0.2) is 41.4 Å². The Hall–Kier alpha value is -1.99. The number of carbonyl (C=O) groups is 1. The van der Waals surface area contributed by atoms with Gasteiger partial charge in [0, 0.05) is 24.2 Å². The maximum absolute atomic E-state index is 13.3. The quantitative estimate of drug-likeness (QED) is 0.917. The SMILES string of the molecule is Cc1ccc2cccnc2c1S(=O)(=O)N1CCCCC1CC(=O)O. The third-order valence-electron chi connectivity index (χ3n) is 4.48. The van der Waals surface area contributed by atoms with Gasteiger partial charge in [0.25, 0.3) is 0 Å². The predicted molar refractivity (Wildman–Crippen MR) is 90.3 cm³/mol. The zero-order valence-electron chi connectivity index (χ0n) is 13.5. The van der Waals surface area contributed by atoms with Gasteiger partial charge in [-0.1, -0.05) is 24.6 Å². The van der Waals surface area contributed by atoms with Gasteiger partial charge in [0.15, 0.2) is 0 Å². The van der Waals surface area contributed by atoms with Gasteiger partial charge in [0.2, 0.25) is 10.0 Å². The summed E-state index contributed by atoms with van der Waals surface area (Å²) in [6.45, 7) is 2.10. The van der Waals surface area contributed by atoms with Gasteiger partial charge in [-0.05, 0) is 31.4 Å². The number of benzene rings is 1. The van der Waals surface area contributed by atoms with Crippen molar-refractivity contribution < 1.29 is 18.3 Å². The van der Waals surface area contributed by atoms with E-state index in [-0.39, 0.29) is 11.3 Å². The molecule has 1 unspecified atom stereocenters. The van der Waals surface area contributed by atoms with E-state index in [1.165, 1.54) is 4.31 Å². The number of pyridine rings is 1. The lowest BCUT2D eigenvalue weighted by atomic mass is 10.0. The molecule has 1 aliphatic heterocycles. The van der Waals surface area contributed by atoms with Crippen LogP contribution in [0.3, 0.4) is 0 Å². The summed E-state index contributed by atoms with van der Waals surface area (Å²) in [6.07, 6.45) is 3.56. The van der Waals surface area contributed by atoms with Crippen LogP contribution in [0.25, 0.3) is 10.9 Å². The van der Waals surface area contributed by atoms with Gasteiger partial charge in [0.1, 0.15) is 4.90 Å². The fourth-order valence-corrected chi connectivity index (χ4v) is 5.42. The molecule has 1 saturated heterocycles. The summed E-state index contributed by atoms with van der Waals surface area (Å²) in [5.41, 5.74) is 1.07. The minimum atomic E-state index is -3.81. The molecule has 7 heteroatoms. The maximum Gasteiger partial charge on any atom is 0.304 e. The lowest BCUT2D eigenvalue weighted by Gasteiger charge is -2.34. The first kappa shape index (κ1) is 16.9. The largest absolute Gasteiger partial charge is 0.481 e. The minimum Gasteiger partial charge on any atom is -0.481 e. The summed E-state index contributed by atoms with van der Waals surface area (Å²) in [6, 6.07) is 6.71. The van der Waals surface area contributed by atoms with Crippen LogP contribution in [0.2, 0.25) is 0 Å². The topological polar surface area (TPSA) is 87.6 Å². The number of hydrogen-bond acceptors (Lipinski definition) is 4. The van der Waals surface area contributed by atoms with Crippen LogP contribution in [-0.2, 0) is 14.8 Å². The average Bonchev–Trinajstić information content (AvgIpc) is 2.54. The predicted octanol–water partition coefficient (Wildman–Crippen LogP) is 2.56. The molecule has 2 heterocycles. The van der Waals surface area contributed by atoms with E-state index in [0.29, 0.717) is 24.0 Å². The molecule has 1 aromatic heterocycles. The number of aliphatic carboxylic acids is 1. The first-order chi connectivity index (χ1) is 11.4. The molecule has 1 N–H and O–H groups in total. The van der Waals surface area contributed by atoms with E-state index in [1.54, 1.807) is 25.3 Å². The Bertz CT molecular complexity index is 879. The first-order valence-corrected chi connectivity index (χ1v) is 9.43. The Labute approximate surface area is 141 Å². The van der Waals surface area contributed by atoms with Crippen molar-refractivity contribution in [3.8, 4) is 0 Å². The van der Waals surface area contributed by atoms with Crippen molar-refractivity contribution in [2.75, 3.05) is 6.54 Å². The number of carboxylic acid groups (broad SMARTS) is 1. The van der Waals surface area contributed by atoms with Gasteiger partial charge >= 0.3 is 5.97 Å². The highest BCUT2D eigenvalue weighted by atomic mass is 32.2. The van der Waals surface area contributed by atoms with Crippen LogP contribution in [0.5, 0.6) is 0 Å². The number of fused-ring (bicyclic) bond motifs is 1. The summed E-state index contributed by atoms with van der Waals surface area (Å²) in [5, 5.41) is 9.87. The van der Waals surface area contributed by atoms with Gasteiger partial charge in [-0.15, -0.1) is 0 Å². The lowest BCUT2D eigenvalue weighted by Crippen LogP contribution is -2.44. The number of sulfonamides is 1. The second-order valence-electron chi connectivity index (χ2n) is 6.15. The number of aryl methyl sites for hydroxylation is 1. The van der Waals surface area contributed by atoms with Gasteiger partial charge in [-0.25, -0.2) is 8.42 Å². The zero-order valence-corrected chi connectivity index (χ0v) is 14.3. The van der Waals surface area contributed by atoms with Crippen molar-refractivity contribution in [1.82, 2.24) is 9.29 Å². The summed E-state index contributed by atoms with van der Waals surface area (Å²) >= 11 is 0. The van der Waals surface area contributed by atoms with Crippen LogP contribution in [0.4, 0.5) is 0 Å². The third kappa shape index (κ3) is 3.01.